The molecule has 14 heteroatoms. The fourth-order valence-corrected chi connectivity index (χ4v) is 5.86. The summed E-state index contributed by atoms with van der Waals surface area (Å²) < 4.78 is 33.7. The Kier molecular flexibility index (Phi) is 15.9. The van der Waals surface area contributed by atoms with Crippen molar-refractivity contribution < 1.29 is 47.9 Å². The normalized spacial score (nSPS) is 14.7. The van der Waals surface area contributed by atoms with Gasteiger partial charge in [-0.05, 0) is 90.2 Å². The molecule has 1 saturated heterocycles. The highest BCUT2D eigenvalue weighted by Gasteiger charge is 2.25. The minimum atomic E-state index is -0.811. The molecule has 3 N–H and O–H groups in total. The molecular weight excluding hydrogens is 670 g/mol. The summed E-state index contributed by atoms with van der Waals surface area (Å²) in [6.45, 7) is 10.8. The van der Waals surface area contributed by atoms with Crippen LogP contribution in [0.25, 0.3) is 0 Å². The summed E-state index contributed by atoms with van der Waals surface area (Å²) in [6, 6.07) is 5.82. The highest BCUT2D eigenvalue weighted by atomic mass is 35.5. The number of esters is 2. The first-order chi connectivity index (χ1) is 23.8. The molecule has 2 aromatic carbocycles. The molecule has 13 nitrogen and oxygen atoms in total. The molecule has 1 unspecified atom stereocenters. The zero-order valence-electron chi connectivity index (χ0n) is 30.1. The number of benzene rings is 2. The van der Waals surface area contributed by atoms with Crippen LogP contribution < -0.4 is 24.7 Å². The first kappa shape index (κ1) is 40.6. The van der Waals surface area contributed by atoms with Crippen LogP contribution in [0.4, 0.5) is 0 Å². The molecule has 0 aliphatic carbocycles. The van der Waals surface area contributed by atoms with Gasteiger partial charge < -0.3 is 49.1 Å². The van der Waals surface area contributed by atoms with E-state index in [-0.39, 0.29) is 40.7 Å². The molecule has 0 radical (unpaired) electrons. The number of aliphatic hydroxyl groups is 1. The Morgan fingerprint density at radius 1 is 0.840 bits per heavy atom. The lowest BCUT2D eigenvalue weighted by molar-refractivity contribution is 0.00685. The van der Waals surface area contributed by atoms with Gasteiger partial charge in [-0.15, -0.1) is 0 Å². The quantitative estimate of drug-likeness (QED) is 0.163. The van der Waals surface area contributed by atoms with Crippen LogP contribution in [-0.2, 0) is 9.47 Å². The number of nitrogens with two attached hydrogens (primary N) is 1. The molecule has 1 atom stereocenters. The number of ether oxygens (including phenoxy) is 6. The topological polar surface area (TPSA) is 159 Å². The third-order valence-corrected chi connectivity index (χ3v) is 8.51. The maximum absolute atomic E-state index is 13.5. The van der Waals surface area contributed by atoms with Gasteiger partial charge in [-0.1, -0.05) is 11.6 Å². The fourth-order valence-electron chi connectivity index (χ4n) is 5.60. The van der Waals surface area contributed by atoms with E-state index < -0.39 is 29.6 Å². The maximum Gasteiger partial charge on any atom is 0.338 e. The summed E-state index contributed by atoms with van der Waals surface area (Å²) in [5.74, 6) is -0.854. The third-order valence-electron chi connectivity index (χ3n) is 8.12. The minimum Gasteiger partial charge on any atom is -0.493 e. The molecule has 50 heavy (non-hydrogen) atoms. The predicted octanol–water partition coefficient (Wildman–Crippen LogP) is 4.58. The van der Waals surface area contributed by atoms with Crippen molar-refractivity contribution in [3.05, 3.63) is 46.0 Å². The monoisotopic (exact) mass is 721 g/mol. The number of hydrogen-bond donors (Lipinski definition) is 2. The summed E-state index contributed by atoms with van der Waals surface area (Å²) >= 11 is 6.45. The third kappa shape index (κ3) is 12.2. The van der Waals surface area contributed by atoms with Gasteiger partial charge in [0.2, 0.25) is 11.7 Å². The number of carbonyl (C=O) groups is 3. The Hall–Kier alpha value is -3.78. The number of primary amides is 1. The van der Waals surface area contributed by atoms with Gasteiger partial charge in [-0.3, -0.25) is 4.79 Å². The van der Waals surface area contributed by atoms with E-state index in [0.717, 1.165) is 45.6 Å². The molecule has 0 bridgehead atoms. The highest BCUT2D eigenvalue weighted by molar-refractivity contribution is 6.35. The van der Waals surface area contributed by atoms with Gasteiger partial charge in [-0.2, -0.15) is 0 Å². The number of amides is 1. The van der Waals surface area contributed by atoms with Gasteiger partial charge in [0.25, 0.3) is 0 Å². The summed E-state index contributed by atoms with van der Waals surface area (Å²) in [7, 11) is 4.44. The van der Waals surface area contributed by atoms with Crippen molar-refractivity contribution in [2.45, 2.75) is 64.6 Å². The molecule has 1 aliphatic rings. The van der Waals surface area contributed by atoms with E-state index >= 15 is 0 Å². The van der Waals surface area contributed by atoms with Crippen molar-refractivity contribution in [2.24, 2.45) is 5.73 Å². The number of methoxy groups -OCH3 is 3. The summed E-state index contributed by atoms with van der Waals surface area (Å²) in [4.78, 5) is 43.1. The zero-order valence-corrected chi connectivity index (χ0v) is 30.8. The van der Waals surface area contributed by atoms with Crippen LogP contribution in [0.5, 0.6) is 23.0 Å². The SMILES string of the molecule is COc1cc(C(=O)OC(CCCOc2cc(C(=O)OC(C)(C)C)cc(C(N)=O)c2Cl)CCN2CCCN(CCCO)CC2)cc(OC)c1OC. The van der Waals surface area contributed by atoms with Gasteiger partial charge in [-0.25, -0.2) is 9.59 Å². The molecule has 1 heterocycles. The maximum atomic E-state index is 13.5. The van der Waals surface area contributed by atoms with Gasteiger partial charge in [0.15, 0.2) is 11.5 Å². The molecule has 3 rings (SSSR count). The molecule has 1 fully saturated rings. The molecule has 0 saturated carbocycles. The lowest BCUT2D eigenvalue weighted by atomic mass is 10.1. The lowest BCUT2D eigenvalue weighted by Crippen LogP contribution is -2.34. The Balaban J connectivity index is 1.75. The number of aliphatic hydroxyl groups excluding tert-OH is 1. The van der Waals surface area contributed by atoms with E-state index in [1.807, 2.05) is 0 Å². The van der Waals surface area contributed by atoms with Crippen LogP contribution in [0, 0.1) is 0 Å². The molecule has 2 aromatic rings. The van der Waals surface area contributed by atoms with Gasteiger partial charge in [0, 0.05) is 32.8 Å². The number of carbonyl (C=O) groups excluding carboxylic acids is 3. The molecule has 1 amide bonds. The average molecular weight is 722 g/mol. The van der Waals surface area contributed by atoms with Crippen molar-refractivity contribution in [1.29, 1.82) is 0 Å². The van der Waals surface area contributed by atoms with Crippen LogP contribution in [0.1, 0.15) is 83.9 Å². The number of nitrogens with zero attached hydrogens (tertiary/aromatic N) is 2. The van der Waals surface area contributed by atoms with Crippen molar-refractivity contribution in [2.75, 3.05) is 73.8 Å². The largest absolute Gasteiger partial charge is 0.493 e. The summed E-state index contributed by atoms with van der Waals surface area (Å²) in [5, 5.41) is 9.21. The van der Waals surface area contributed by atoms with E-state index in [1.54, 1.807) is 32.9 Å². The first-order valence-corrected chi connectivity index (χ1v) is 17.2. The molecule has 0 spiro atoms. The van der Waals surface area contributed by atoms with E-state index in [9.17, 15) is 19.5 Å². The second-order valence-corrected chi connectivity index (χ2v) is 13.4. The molecule has 1 aliphatic heterocycles. The number of rotatable bonds is 18. The van der Waals surface area contributed by atoms with Crippen molar-refractivity contribution in [3.8, 4) is 23.0 Å². The van der Waals surface area contributed by atoms with Crippen LogP contribution in [0.15, 0.2) is 24.3 Å². The van der Waals surface area contributed by atoms with Crippen molar-refractivity contribution in [1.82, 2.24) is 9.80 Å². The van der Waals surface area contributed by atoms with E-state index in [0.29, 0.717) is 43.1 Å². The van der Waals surface area contributed by atoms with Crippen molar-refractivity contribution >= 4 is 29.4 Å². The smallest absolute Gasteiger partial charge is 0.338 e. The minimum absolute atomic E-state index is 0.00983. The second kappa shape index (κ2) is 19.6. The standard InChI is InChI=1S/C36H52ClN3O10/c1-36(2,3)50-35(44)24-20-27(33(38)42)31(37)28(21-24)48-19-7-10-26(11-15-40-13-8-12-39(16-17-40)14-9-18-41)49-34(43)25-22-29(45-4)32(47-6)30(23-25)46-5/h20-23,26,41H,7-19H2,1-6H3,(H2,38,42). The molecule has 278 valence electrons. The molecule has 0 aromatic heterocycles. The van der Waals surface area contributed by atoms with E-state index in [1.165, 1.54) is 33.5 Å². The Morgan fingerprint density at radius 3 is 2.00 bits per heavy atom. The highest BCUT2D eigenvalue weighted by Crippen LogP contribution is 2.38. The van der Waals surface area contributed by atoms with Crippen LogP contribution in [0.2, 0.25) is 5.02 Å². The van der Waals surface area contributed by atoms with Gasteiger partial charge >= 0.3 is 11.9 Å². The van der Waals surface area contributed by atoms with E-state index in [2.05, 4.69) is 9.80 Å². The second-order valence-electron chi connectivity index (χ2n) is 13.0. The first-order valence-electron chi connectivity index (χ1n) is 16.9. The van der Waals surface area contributed by atoms with Gasteiger partial charge in [0.05, 0.1) is 49.6 Å². The van der Waals surface area contributed by atoms with Crippen LogP contribution in [-0.4, -0.2) is 118 Å². The van der Waals surface area contributed by atoms with Gasteiger partial charge in [0.1, 0.15) is 17.5 Å². The Bertz CT molecular complexity index is 1420. The van der Waals surface area contributed by atoms with E-state index in [4.69, 9.17) is 45.8 Å². The lowest BCUT2D eigenvalue weighted by Gasteiger charge is -2.25. The summed E-state index contributed by atoms with van der Waals surface area (Å²) in [5.41, 5.74) is 5.05. The van der Waals surface area contributed by atoms with Crippen molar-refractivity contribution in [3.63, 3.8) is 0 Å². The summed E-state index contributed by atoms with van der Waals surface area (Å²) in [6.07, 6.45) is 2.78. The fraction of sp³-hybridized carbons (Fsp3) is 0.583. The Labute approximate surface area is 299 Å². The number of hydrogen-bond acceptors (Lipinski definition) is 12. The Morgan fingerprint density at radius 2 is 1.44 bits per heavy atom. The predicted molar refractivity (Wildman–Crippen MR) is 189 cm³/mol. The van der Waals surface area contributed by atoms with Crippen LogP contribution in [0.3, 0.4) is 0 Å². The zero-order chi connectivity index (χ0) is 36.8. The van der Waals surface area contributed by atoms with Crippen LogP contribution >= 0.6 is 11.6 Å². The average Bonchev–Trinajstić information content (AvgIpc) is 3.31. The molecular formula is C36H52ClN3O10. The number of halogens is 1.